The van der Waals surface area contributed by atoms with Gasteiger partial charge in [0, 0.05) is 29.2 Å². The van der Waals surface area contributed by atoms with E-state index in [2.05, 4.69) is 40.1 Å². The van der Waals surface area contributed by atoms with Gasteiger partial charge in [0.1, 0.15) is 5.75 Å². The Morgan fingerprint density at radius 3 is 2.72 bits per heavy atom. The van der Waals surface area contributed by atoms with Crippen LogP contribution in [0.25, 0.3) is 0 Å². The first-order chi connectivity index (χ1) is 8.51. The summed E-state index contributed by atoms with van der Waals surface area (Å²) in [6, 6.07) is 4.06. The highest BCUT2D eigenvalue weighted by Gasteiger charge is 2.19. The summed E-state index contributed by atoms with van der Waals surface area (Å²) in [5.41, 5.74) is 1.03. The van der Waals surface area contributed by atoms with E-state index >= 15 is 0 Å². The van der Waals surface area contributed by atoms with Crippen molar-refractivity contribution in [2.45, 2.75) is 13.0 Å². The van der Waals surface area contributed by atoms with Gasteiger partial charge in [-0.2, -0.15) is 0 Å². The fourth-order valence-corrected chi connectivity index (χ4v) is 2.77. The number of rotatable bonds is 6. The average molecular weight is 336 g/mol. The molecule has 0 aromatic heterocycles. The molecule has 0 aliphatic rings. The number of halogens is 2. The number of benzene rings is 1. The van der Waals surface area contributed by atoms with E-state index < -0.39 is 0 Å². The molecule has 102 valence electrons. The van der Waals surface area contributed by atoms with Crippen molar-refractivity contribution in [1.82, 2.24) is 10.2 Å². The molecule has 1 N–H and O–H groups in total. The summed E-state index contributed by atoms with van der Waals surface area (Å²) in [6.45, 7) is 4.03. The molecule has 0 amide bonds. The van der Waals surface area contributed by atoms with E-state index in [-0.39, 0.29) is 6.04 Å². The van der Waals surface area contributed by atoms with Gasteiger partial charge in [-0.3, -0.25) is 4.90 Å². The predicted molar refractivity (Wildman–Crippen MR) is 80.7 cm³/mol. The van der Waals surface area contributed by atoms with Gasteiger partial charge in [-0.1, -0.05) is 27.5 Å². The molecule has 0 aliphatic carbocycles. The SMILES string of the molecule is CNCCN(C)C(C)c1c(Cl)cc(Br)cc1OC. The molecule has 0 spiro atoms. The Balaban J connectivity index is 3.00. The topological polar surface area (TPSA) is 24.5 Å². The number of nitrogens with one attached hydrogen (secondary N) is 1. The van der Waals surface area contributed by atoms with Crippen LogP contribution in [-0.4, -0.2) is 39.2 Å². The summed E-state index contributed by atoms with van der Waals surface area (Å²) < 4.78 is 6.35. The van der Waals surface area contributed by atoms with Crippen LogP contribution in [0.2, 0.25) is 5.02 Å². The van der Waals surface area contributed by atoms with E-state index in [4.69, 9.17) is 16.3 Å². The highest BCUT2D eigenvalue weighted by molar-refractivity contribution is 9.10. The maximum atomic E-state index is 6.33. The number of hydrogen-bond donors (Lipinski definition) is 1. The van der Waals surface area contributed by atoms with Crippen molar-refractivity contribution >= 4 is 27.5 Å². The molecule has 0 heterocycles. The minimum atomic E-state index is 0.203. The second-order valence-electron chi connectivity index (χ2n) is 4.26. The maximum Gasteiger partial charge on any atom is 0.126 e. The Hall–Kier alpha value is -0.290. The maximum absolute atomic E-state index is 6.33. The van der Waals surface area contributed by atoms with Gasteiger partial charge < -0.3 is 10.1 Å². The van der Waals surface area contributed by atoms with Crippen LogP contribution in [0.5, 0.6) is 5.75 Å². The molecule has 0 bridgehead atoms. The second kappa shape index (κ2) is 7.34. The lowest BCUT2D eigenvalue weighted by Gasteiger charge is -2.27. The molecule has 1 atom stereocenters. The van der Waals surface area contributed by atoms with Gasteiger partial charge in [-0.15, -0.1) is 0 Å². The van der Waals surface area contributed by atoms with E-state index in [1.165, 1.54) is 0 Å². The van der Waals surface area contributed by atoms with Crippen LogP contribution in [0.4, 0.5) is 0 Å². The average Bonchev–Trinajstić information content (AvgIpc) is 2.34. The molecule has 5 heteroatoms. The number of ether oxygens (including phenoxy) is 1. The molecule has 0 saturated heterocycles. The van der Waals surface area contributed by atoms with Gasteiger partial charge in [-0.25, -0.2) is 0 Å². The van der Waals surface area contributed by atoms with Gasteiger partial charge >= 0.3 is 0 Å². The molecule has 0 saturated carbocycles. The summed E-state index contributed by atoms with van der Waals surface area (Å²) in [7, 11) is 5.70. The minimum Gasteiger partial charge on any atom is -0.496 e. The zero-order valence-corrected chi connectivity index (χ0v) is 13.6. The summed E-state index contributed by atoms with van der Waals surface area (Å²) in [5, 5.41) is 3.87. The highest BCUT2D eigenvalue weighted by atomic mass is 79.9. The predicted octanol–water partition coefficient (Wildman–Crippen LogP) is 3.32. The molecule has 1 aromatic rings. The van der Waals surface area contributed by atoms with Crippen LogP contribution in [0.3, 0.4) is 0 Å². The Morgan fingerprint density at radius 2 is 2.17 bits per heavy atom. The first-order valence-electron chi connectivity index (χ1n) is 5.89. The standard InChI is InChI=1S/C13H20BrClN2O/c1-9(17(3)6-5-16-2)13-11(15)7-10(14)8-12(13)18-4/h7-9,16H,5-6H2,1-4H3. The lowest BCUT2D eigenvalue weighted by atomic mass is 10.1. The van der Waals surface area contributed by atoms with Crippen molar-refractivity contribution in [3.8, 4) is 5.75 Å². The molecular formula is C13H20BrClN2O. The monoisotopic (exact) mass is 334 g/mol. The fraction of sp³-hybridized carbons (Fsp3) is 0.538. The smallest absolute Gasteiger partial charge is 0.126 e. The van der Waals surface area contributed by atoms with Gasteiger partial charge in [0.25, 0.3) is 0 Å². The third-order valence-electron chi connectivity index (χ3n) is 3.07. The van der Waals surface area contributed by atoms with Gasteiger partial charge in [0.05, 0.1) is 12.1 Å². The van der Waals surface area contributed by atoms with E-state index in [1.54, 1.807) is 7.11 Å². The van der Waals surface area contributed by atoms with Crippen LogP contribution in [0.1, 0.15) is 18.5 Å². The van der Waals surface area contributed by atoms with E-state index in [0.717, 1.165) is 33.9 Å². The Bertz CT molecular complexity index is 401. The number of methoxy groups -OCH3 is 1. The van der Waals surface area contributed by atoms with Crippen molar-refractivity contribution in [3.63, 3.8) is 0 Å². The number of likely N-dealkylation sites (N-methyl/N-ethyl adjacent to an activating group) is 2. The molecule has 1 rings (SSSR count). The van der Waals surface area contributed by atoms with Crippen molar-refractivity contribution < 1.29 is 4.74 Å². The van der Waals surface area contributed by atoms with Gasteiger partial charge in [0.2, 0.25) is 0 Å². The molecular weight excluding hydrogens is 316 g/mol. The van der Waals surface area contributed by atoms with Gasteiger partial charge in [-0.05, 0) is 33.2 Å². The minimum absolute atomic E-state index is 0.203. The summed E-state index contributed by atoms with van der Waals surface area (Å²) in [5.74, 6) is 0.818. The van der Waals surface area contributed by atoms with Crippen LogP contribution in [0, 0.1) is 0 Å². The quantitative estimate of drug-likeness (QED) is 0.863. The van der Waals surface area contributed by atoms with E-state index in [9.17, 15) is 0 Å². The van der Waals surface area contributed by atoms with Crippen LogP contribution in [0.15, 0.2) is 16.6 Å². The third-order valence-corrected chi connectivity index (χ3v) is 3.84. The Kier molecular flexibility index (Phi) is 6.43. The Morgan fingerprint density at radius 1 is 1.50 bits per heavy atom. The lowest BCUT2D eigenvalue weighted by Crippen LogP contribution is -2.30. The largest absolute Gasteiger partial charge is 0.496 e. The van der Waals surface area contributed by atoms with Gasteiger partial charge in [0.15, 0.2) is 0 Å². The molecule has 18 heavy (non-hydrogen) atoms. The lowest BCUT2D eigenvalue weighted by molar-refractivity contribution is 0.257. The highest BCUT2D eigenvalue weighted by Crippen LogP contribution is 2.37. The van der Waals surface area contributed by atoms with Crippen molar-refractivity contribution in [3.05, 3.63) is 27.2 Å². The van der Waals surface area contributed by atoms with Crippen LogP contribution < -0.4 is 10.1 Å². The molecule has 0 radical (unpaired) electrons. The van der Waals surface area contributed by atoms with E-state index in [1.807, 2.05) is 19.2 Å². The van der Waals surface area contributed by atoms with Crippen LogP contribution >= 0.6 is 27.5 Å². The molecule has 1 unspecified atom stereocenters. The first-order valence-corrected chi connectivity index (χ1v) is 7.06. The van der Waals surface area contributed by atoms with Crippen molar-refractivity contribution in [2.24, 2.45) is 0 Å². The van der Waals surface area contributed by atoms with Crippen LogP contribution in [-0.2, 0) is 0 Å². The molecule has 3 nitrogen and oxygen atoms in total. The zero-order chi connectivity index (χ0) is 13.7. The fourth-order valence-electron chi connectivity index (χ4n) is 1.84. The second-order valence-corrected chi connectivity index (χ2v) is 5.59. The normalized spacial score (nSPS) is 12.8. The molecule has 0 fully saturated rings. The summed E-state index contributed by atoms with van der Waals surface area (Å²) in [4.78, 5) is 2.24. The summed E-state index contributed by atoms with van der Waals surface area (Å²) in [6.07, 6.45) is 0. The van der Waals surface area contributed by atoms with E-state index in [0.29, 0.717) is 0 Å². The number of hydrogen-bond acceptors (Lipinski definition) is 3. The van der Waals surface area contributed by atoms with Crippen molar-refractivity contribution in [2.75, 3.05) is 34.3 Å². The third kappa shape index (κ3) is 3.85. The molecule has 0 aliphatic heterocycles. The number of nitrogens with zero attached hydrogens (tertiary/aromatic N) is 1. The molecule has 1 aromatic carbocycles. The first kappa shape index (κ1) is 15.8. The Labute approximate surface area is 123 Å². The summed E-state index contributed by atoms with van der Waals surface area (Å²) >= 11 is 9.76. The zero-order valence-electron chi connectivity index (χ0n) is 11.3. The van der Waals surface area contributed by atoms with Crippen molar-refractivity contribution in [1.29, 1.82) is 0 Å².